The zero-order valence-corrected chi connectivity index (χ0v) is 14.8. The van der Waals surface area contributed by atoms with Gasteiger partial charge in [0.25, 0.3) is 0 Å². The smallest absolute Gasteiger partial charge is 0.408 e. The number of amides is 3. The molecular weight excluding hydrogens is 338 g/mol. The van der Waals surface area contributed by atoms with Crippen LogP contribution in [-0.4, -0.2) is 57.8 Å². The van der Waals surface area contributed by atoms with Gasteiger partial charge in [-0.15, -0.1) is 0 Å². The molecule has 0 aliphatic carbocycles. The summed E-state index contributed by atoms with van der Waals surface area (Å²) in [5, 5.41) is 22.0. The zero-order chi connectivity index (χ0) is 19.4. The van der Waals surface area contributed by atoms with Gasteiger partial charge in [-0.1, -0.05) is 44.2 Å². The molecule has 5 N–H and O–H groups in total. The predicted octanol–water partition coefficient (Wildman–Crippen LogP) is 0.510. The molecule has 8 heteroatoms. The van der Waals surface area contributed by atoms with Crippen molar-refractivity contribution in [2.45, 2.75) is 44.4 Å². The van der Waals surface area contributed by atoms with E-state index in [0.717, 1.165) is 10.5 Å². The molecule has 1 aliphatic rings. The number of benzene rings is 1. The lowest BCUT2D eigenvalue weighted by Gasteiger charge is -2.28. The first-order valence-electron chi connectivity index (χ1n) is 8.54. The van der Waals surface area contributed by atoms with Crippen molar-refractivity contribution in [2.75, 3.05) is 6.54 Å². The number of nitrogens with one attached hydrogen (secondary N) is 1. The van der Waals surface area contributed by atoms with Crippen molar-refractivity contribution in [2.24, 2.45) is 11.7 Å². The number of aliphatic hydroxyl groups excluding tert-OH is 1. The summed E-state index contributed by atoms with van der Waals surface area (Å²) in [5.74, 6) is -1.83. The van der Waals surface area contributed by atoms with E-state index < -0.39 is 36.1 Å². The van der Waals surface area contributed by atoms with E-state index in [1.807, 2.05) is 30.3 Å². The maximum absolute atomic E-state index is 12.7. The summed E-state index contributed by atoms with van der Waals surface area (Å²) < 4.78 is 0. The first-order valence-corrected chi connectivity index (χ1v) is 8.54. The van der Waals surface area contributed by atoms with Crippen LogP contribution in [0.3, 0.4) is 0 Å². The number of hydrogen-bond donors (Lipinski definition) is 4. The summed E-state index contributed by atoms with van der Waals surface area (Å²) in [5.41, 5.74) is 6.10. The topological polar surface area (TPSA) is 133 Å². The number of nitrogens with zero attached hydrogens (tertiary/aromatic N) is 1. The van der Waals surface area contributed by atoms with Crippen molar-refractivity contribution in [3.8, 4) is 0 Å². The first kappa shape index (κ1) is 19.7. The van der Waals surface area contributed by atoms with Gasteiger partial charge in [0.05, 0.1) is 6.04 Å². The van der Waals surface area contributed by atoms with Crippen molar-refractivity contribution in [3.63, 3.8) is 0 Å². The molecule has 2 unspecified atom stereocenters. The molecule has 26 heavy (non-hydrogen) atoms. The highest BCUT2D eigenvalue weighted by Gasteiger charge is 2.41. The van der Waals surface area contributed by atoms with E-state index in [9.17, 15) is 24.6 Å². The minimum absolute atomic E-state index is 0.0957. The maximum atomic E-state index is 12.7. The predicted molar refractivity (Wildman–Crippen MR) is 94.3 cm³/mol. The number of aliphatic hydroxyl groups is 1. The minimum Gasteiger partial charge on any atom is -0.465 e. The normalized spacial score (nSPS) is 22.1. The number of hydrogen-bond acceptors (Lipinski definition) is 4. The van der Waals surface area contributed by atoms with Gasteiger partial charge < -0.3 is 21.3 Å². The summed E-state index contributed by atoms with van der Waals surface area (Å²) in [4.78, 5) is 36.6. The fraction of sp³-hybridized carbons (Fsp3) is 0.500. The van der Waals surface area contributed by atoms with E-state index in [1.165, 1.54) is 0 Å². The lowest BCUT2D eigenvalue weighted by molar-refractivity contribution is -0.131. The van der Waals surface area contributed by atoms with Crippen molar-refractivity contribution in [1.29, 1.82) is 0 Å². The Bertz CT molecular complexity index is 664. The third kappa shape index (κ3) is 4.32. The number of carboxylic acid groups (broad SMARTS) is 1. The molecule has 8 nitrogen and oxygen atoms in total. The molecule has 4 atom stereocenters. The molecule has 1 aromatic rings. The van der Waals surface area contributed by atoms with Crippen LogP contribution in [0.5, 0.6) is 0 Å². The van der Waals surface area contributed by atoms with Gasteiger partial charge in [0, 0.05) is 12.5 Å². The Morgan fingerprint density at radius 3 is 2.35 bits per heavy atom. The Balaban J connectivity index is 2.17. The summed E-state index contributed by atoms with van der Waals surface area (Å²) in [6, 6.07) is 7.64. The third-order valence-electron chi connectivity index (χ3n) is 4.78. The van der Waals surface area contributed by atoms with Crippen LogP contribution >= 0.6 is 0 Å². The highest BCUT2D eigenvalue weighted by molar-refractivity contribution is 5.87. The molecule has 1 saturated heterocycles. The van der Waals surface area contributed by atoms with Crippen LogP contribution in [0.4, 0.5) is 4.79 Å². The van der Waals surface area contributed by atoms with Crippen LogP contribution in [0.2, 0.25) is 0 Å². The molecule has 2 rings (SSSR count). The highest BCUT2D eigenvalue weighted by Crippen LogP contribution is 2.32. The van der Waals surface area contributed by atoms with Gasteiger partial charge in [0.2, 0.25) is 11.8 Å². The van der Waals surface area contributed by atoms with Gasteiger partial charge in [0.15, 0.2) is 6.10 Å². The molecule has 1 aliphatic heterocycles. The Morgan fingerprint density at radius 2 is 1.85 bits per heavy atom. The minimum atomic E-state index is -1.54. The maximum Gasteiger partial charge on any atom is 0.408 e. The largest absolute Gasteiger partial charge is 0.465 e. The van der Waals surface area contributed by atoms with Crippen molar-refractivity contribution in [1.82, 2.24) is 10.2 Å². The average molecular weight is 363 g/mol. The third-order valence-corrected chi connectivity index (χ3v) is 4.78. The van der Waals surface area contributed by atoms with Crippen LogP contribution in [0.15, 0.2) is 30.3 Å². The molecule has 0 bridgehead atoms. The van der Waals surface area contributed by atoms with Crippen LogP contribution < -0.4 is 11.1 Å². The van der Waals surface area contributed by atoms with Crippen LogP contribution in [0, 0.1) is 5.92 Å². The molecular formula is C18H25N3O5. The van der Waals surface area contributed by atoms with Crippen LogP contribution in [-0.2, 0) is 9.59 Å². The highest BCUT2D eigenvalue weighted by atomic mass is 16.4. The van der Waals surface area contributed by atoms with E-state index in [2.05, 4.69) is 5.32 Å². The van der Waals surface area contributed by atoms with Gasteiger partial charge >= 0.3 is 6.09 Å². The number of carbonyl (C=O) groups is 3. The number of carbonyl (C=O) groups excluding carboxylic acids is 2. The summed E-state index contributed by atoms with van der Waals surface area (Å²) in [7, 11) is 0. The van der Waals surface area contributed by atoms with Gasteiger partial charge in [-0.25, -0.2) is 4.79 Å². The van der Waals surface area contributed by atoms with E-state index in [1.54, 1.807) is 13.8 Å². The Labute approximate surface area is 152 Å². The van der Waals surface area contributed by atoms with E-state index in [-0.39, 0.29) is 18.4 Å². The number of rotatable bonds is 6. The van der Waals surface area contributed by atoms with Gasteiger partial charge in [0.1, 0.15) is 6.04 Å². The molecule has 1 fully saturated rings. The van der Waals surface area contributed by atoms with Crippen molar-refractivity contribution >= 4 is 17.9 Å². The number of nitrogens with two attached hydrogens (primary N) is 1. The van der Waals surface area contributed by atoms with Crippen LogP contribution in [0.25, 0.3) is 0 Å². The number of likely N-dealkylation sites (tertiary alicyclic amines) is 1. The average Bonchev–Trinajstić information content (AvgIpc) is 3.05. The molecule has 0 spiro atoms. The Kier molecular flexibility index (Phi) is 6.20. The summed E-state index contributed by atoms with van der Waals surface area (Å²) in [6.07, 6.45) is -2.39. The van der Waals surface area contributed by atoms with E-state index >= 15 is 0 Å². The van der Waals surface area contributed by atoms with Gasteiger partial charge in [-0.05, 0) is 17.9 Å². The lowest BCUT2D eigenvalue weighted by Crippen LogP contribution is -2.56. The van der Waals surface area contributed by atoms with Crippen molar-refractivity contribution < 1.29 is 24.6 Å². The van der Waals surface area contributed by atoms with E-state index in [0.29, 0.717) is 6.42 Å². The Hall–Kier alpha value is -2.61. The molecule has 0 radical (unpaired) electrons. The number of primary amides is 1. The fourth-order valence-corrected chi connectivity index (χ4v) is 3.31. The molecule has 3 amide bonds. The standard InChI is InChI=1S/C18H25N3O5/c1-10(2)14(15(22)16(19)23)20-17(24)13-8-12(9-21(13)18(25)26)11-6-4-3-5-7-11/h3-7,10,12-15,22H,8-9H2,1-2H3,(H2,19,23)(H,20,24)(H,25,26)/t12-,13-,14?,15?/m0/s1. The lowest BCUT2D eigenvalue weighted by atomic mass is 9.95. The summed E-state index contributed by atoms with van der Waals surface area (Å²) >= 11 is 0. The second-order valence-corrected chi connectivity index (χ2v) is 6.92. The van der Waals surface area contributed by atoms with Crippen molar-refractivity contribution in [3.05, 3.63) is 35.9 Å². The molecule has 0 aromatic heterocycles. The molecule has 0 saturated carbocycles. The Morgan fingerprint density at radius 1 is 1.23 bits per heavy atom. The zero-order valence-electron chi connectivity index (χ0n) is 14.8. The SMILES string of the molecule is CC(C)C(NC(=O)[C@@H]1C[C@H](c2ccccc2)CN1C(=O)O)C(O)C(N)=O. The van der Waals surface area contributed by atoms with Crippen LogP contribution in [0.1, 0.15) is 31.7 Å². The first-order chi connectivity index (χ1) is 12.2. The fourth-order valence-electron chi connectivity index (χ4n) is 3.31. The molecule has 1 aromatic carbocycles. The second-order valence-electron chi connectivity index (χ2n) is 6.92. The quantitative estimate of drug-likeness (QED) is 0.584. The summed E-state index contributed by atoms with van der Waals surface area (Å²) in [6.45, 7) is 3.67. The van der Waals surface area contributed by atoms with Gasteiger partial charge in [-0.2, -0.15) is 0 Å². The molecule has 1 heterocycles. The monoisotopic (exact) mass is 363 g/mol. The van der Waals surface area contributed by atoms with Gasteiger partial charge in [-0.3, -0.25) is 14.5 Å². The van der Waals surface area contributed by atoms with E-state index in [4.69, 9.17) is 5.73 Å². The second kappa shape index (κ2) is 8.18. The molecule has 142 valence electrons.